The smallest absolute Gasteiger partial charge is 0.217 e. The minimum atomic E-state index is -2.39. The molecule has 24 N–H and O–H groups in total. The molecule has 38 heteroatoms. The minimum Gasteiger partial charge on any atom is -0.394 e. The molecule has 0 aliphatic carbocycles. The molecule has 0 unspecified atom stereocenters. The number of hydrogen-bond acceptors (Lipinski definition) is 36. The fourth-order valence-corrected chi connectivity index (χ4v) is 10.3. The van der Waals surface area contributed by atoms with Gasteiger partial charge in [-0.15, -0.1) is 0 Å². The zero-order valence-corrected chi connectivity index (χ0v) is 44.8. The van der Waals surface area contributed by atoms with Gasteiger partial charge in [-0.25, -0.2) is 0 Å². The van der Waals surface area contributed by atoms with E-state index in [-0.39, 0.29) is 0 Å². The molecule has 34 atom stereocenters. The Morgan fingerprint density at radius 1 is 0.381 bits per heavy atom. The molecule has 84 heavy (non-hydrogen) atoms. The Balaban J connectivity index is 1.28. The first kappa shape index (κ1) is 70.7. The Morgan fingerprint density at radius 3 is 1.15 bits per heavy atom. The fraction of sp³-hybridized carbons (Fsp3) is 0.957. The summed E-state index contributed by atoms with van der Waals surface area (Å²) in [6.45, 7) is -6.41. The molecule has 38 nitrogen and oxygen atoms in total. The van der Waals surface area contributed by atoms with Crippen molar-refractivity contribution in [3.63, 3.8) is 0 Å². The maximum absolute atomic E-state index is 12.8. The van der Waals surface area contributed by atoms with Crippen LogP contribution < -0.4 is 10.6 Å². The molecule has 6 rings (SSSR count). The number of hydrogen-bond donors (Lipinski definition) is 24. The lowest BCUT2D eigenvalue weighted by molar-refractivity contribution is -0.385. The van der Waals surface area contributed by atoms with Crippen molar-refractivity contribution in [1.29, 1.82) is 0 Å². The normalized spacial score (nSPS) is 46.4. The van der Waals surface area contributed by atoms with Crippen LogP contribution in [-0.2, 0) is 66.4 Å². The molecule has 6 saturated heterocycles. The van der Waals surface area contributed by atoms with E-state index in [1.54, 1.807) is 0 Å². The Bertz CT molecular complexity index is 2010. The number of aliphatic hydroxyl groups is 22. The van der Waals surface area contributed by atoms with Crippen LogP contribution in [0.4, 0.5) is 0 Å². The summed E-state index contributed by atoms with van der Waals surface area (Å²) in [4.78, 5) is 25.4. The van der Waals surface area contributed by atoms with Gasteiger partial charge in [-0.2, -0.15) is 0 Å². The van der Waals surface area contributed by atoms with Crippen LogP contribution in [0.3, 0.4) is 0 Å². The predicted octanol–water partition coefficient (Wildman–Crippen LogP) is -16.4. The van der Waals surface area contributed by atoms with Gasteiger partial charge in [0.15, 0.2) is 37.7 Å². The molecule has 6 fully saturated rings. The monoisotopic (exact) mass is 1240 g/mol. The van der Waals surface area contributed by atoms with Crippen LogP contribution in [0.25, 0.3) is 0 Å². The topological polar surface area (TPSA) is 614 Å². The summed E-state index contributed by atoms with van der Waals surface area (Å²) in [5, 5.41) is 239. The second-order valence-electron chi connectivity index (χ2n) is 20.8. The average Bonchev–Trinajstić information content (AvgIpc) is 2.80. The Hall–Kier alpha value is -2.42. The van der Waals surface area contributed by atoms with E-state index in [0.29, 0.717) is 0 Å². The van der Waals surface area contributed by atoms with Crippen molar-refractivity contribution in [1.82, 2.24) is 10.6 Å². The average molecular weight is 1240 g/mol. The van der Waals surface area contributed by atoms with E-state index in [1.807, 2.05) is 0 Å². The van der Waals surface area contributed by atoms with Gasteiger partial charge >= 0.3 is 0 Å². The van der Waals surface area contributed by atoms with Crippen LogP contribution in [0.15, 0.2) is 0 Å². The lowest BCUT2D eigenvalue weighted by Gasteiger charge is -2.50. The predicted molar refractivity (Wildman–Crippen MR) is 257 cm³/mol. The van der Waals surface area contributed by atoms with Gasteiger partial charge in [-0.1, -0.05) is 0 Å². The summed E-state index contributed by atoms with van der Waals surface area (Å²) >= 11 is 0. The number of nitrogens with one attached hydrogen (secondary N) is 2. The number of amides is 2. The van der Waals surface area contributed by atoms with Gasteiger partial charge in [-0.3, -0.25) is 9.59 Å². The number of ether oxygens (including phenoxy) is 12. The first-order valence-electron chi connectivity index (χ1n) is 26.5. The van der Waals surface area contributed by atoms with Crippen LogP contribution in [0.1, 0.15) is 13.8 Å². The largest absolute Gasteiger partial charge is 0.394 e. The zero-order valence-electron chi connectivity index (χ0n) is 44.8. The van der Waals surface area contributed by atoms with E-state index in [9.17, 15) is 122 Å². The molecular formula is C46H80N2O36. The molecule has 0 aromatic rings. The molecule has 0 radical (unpaired) electrons. The Labute approximate surface area is 475 Å². The van der Waals surface area contributed by atoms with Crippen LogP contribution in [0, 0.1) is 0 Å². The van der Waals surface area contributed by atoms with E-state index in [1.165, 1.54) is 0 Å². The standard InChI is InChI=1S/C46H80N2O36/c1-11(56)47-21-28(65)37(81-43-32(69)30(67)24(61)15(5-51)74-43)18(8-54)77-41(21)73-10-20-27(64)40(35(72)46(79-20)80-36(14(59)4-50)23(60)13(58)3-49)83-42-22(48-12(2)57)29(66)38(19(9-55)78-42)82-45-34(71)39(26(63)17(7-53)76-45)84-44-33(70)31(68)25(62)16(6-52)75-44/h13-46,49-55,58-72H,3-10H2,1-2H3,(H,47,56)(H,48,57)/t13-,14+,15+,16+,17+,18+,19+,20+,21+,22+,23+,24-,25-,26-,27-,28+,29+,30-,31-,32+,33+,34+,35+,36+,37+,38+,39-,40-,41+,42-,43-,44+,45-,46-/m0/s1. The van der Waals surface area contributed by atoms with Gasteiger partial charge < -0.3 is 180 Å². The van der Waals surface area contributed by atoms with Crippen LogP contribution in [-0.4, -0.2) is 386 Å². The van der Waals surface area contributed by atoms with Crippen molar-refractivity contribution in [2.75, 3.05) is 52.9 Å². The zero-order chi connectivity index (χ0) is 62.3. The molecule has 0 bridgehead atoms. The lowest BCUT2D eigenvalue weighted by atomic mass is 9.94. The highest BCUT2D eigenvalue weighted by Gasteiger charge is 2.58. The van der Waals surface area contributed by atoms with E-state index >= 15 is 0 Å². The summed E-state index contributed by atoms with van der Waals surface area (Å²) in [6, 6.07) is -3.66. The first-order valence-corrected chi connectivity index (χ1v) is 26.5. The van der Waals surface area contributed by atoms with E-state index in [4.69, 9.17) is 56.8 Å². The van der Waals surface area contributed by atoms with Gasteiger partial charge in [0, 0.05) is 13.8 Å². The molecule has 6 heterocycles. The lowest BCUT2D eigenvalue weighted by Crippen LogP contribution is -2.70. The van der Waals surface area contributed by atoms with E-state index in [2.05, 4.69) is 10.6 Å². The third-order valence-corrected chi connectivity index (χ3v) is 15.0. The second kappa shape index (κ2) is 31.4. The number of carbonyl (C=O) groups is 2. The number of rotatable bonds is 25. The molecule has 490 valence electrons. The van der Waals surface area contributed by atoms with Crippen molar-refractivity contribution >= 4 is 11.8 Å². The maximum Gasteiger partial charge on any atom is 0.217 e. The molecular weight excluding hydrogens is 1160 g/mol. The third kappa shape index (κ3) is 15.8. The van der Waals surface area contributed by atoms with Gasteiger partial charge in [0.25, 0.3) is 0 Å². The van der Waals surface area contributed by atoms with E-state index < -0.39 is 273 Å². The Morgan fingerprint density at radius 2 is 0.726 bits per heavy atom. The van der Waals surface area contributed by atoms with Crippen molar-refractivity contribution in [3.8, 4) is 0 Å². The van der Waals surface area contributed by atoms with Crippen molar-refractivity contribution in [2.24, 2.45) is 0 Å². The summed E-state index contributed by atoms with van der Waals surface area (Å²) in [6.07, 6.45) is -63.9. The van der Waals surface area contributed by atoms with E-state index in [0.717, 1.165) is 13.8 Å². The van der Waals surface area contributed by atoms with Crippen molar-refractivity contribution in [2.45, 2.75) is 222 Å². The van der Waals surface area contributed by atoms with Gasteiger partial charge in [-0.05, 0) is 0 Å². The van der Waals surface area contributed by atoms with Crippen LogP contribution >= 0.6 is 0 Å². The molecule has 6 aliphatic rings. The van der Waals surface area contributed by atoms with Crippen LogP contribution in [0.5, 0.6) is 0 Å². The first-order chi connectivity index (χ1) is 39.7. The highest BCUT2D eigenvalue weighted by Crippen LogP contribution is 2.37. The third-order valence-electron chi connectivity index (χ3n) is 15.0. The summed E-state index contributed by atoms with van der Waals surface area (Å²) in [5.41, 5.74) is 0. The molecule has 0 spiro atoms. The molecule has 0 aromatic heterocycles. The highest BCUT2D eigenvalue weighted by atomic mass is 16.8. The van der Waals surface area contributed by atoms with Gasteiger partial charge in [0.1, 0.15) is 171 Å². The summed E-state index contributed by atoms with van der Waals surface area (Å²) in [5.74, 6) is -1.79. The quantitative estimate of drug-likeness (QED) is 0.0404. The molecule has 0 saturated carbocycles. The Kier molecular flexibility index (Phi) is 26.4. The van der Waals surface area contributed by atoms with Crippen molar-refractivity contribution in [3.05, 3.63) is 0 Å². The minimum absolute atomic E-state index is 0.848. The molecule has 6 aliphatic heterocycles. The second-order valence-corrected chi connectivity index (χ2v) is 20.8. The van der Waals surface area contributed by atoms with Crippen LogP contribution in [0.2, 0.25) is 0 Å². The van der Waals surface area contributed by atoms with Crippen molar-refractivity contribution < 1.29 is 179 Å². The van der Waals surface area contributed by atoms with Gasteiger partial charge in [0.2, 0.25) is 11.8 Å². The SMILES string of the molecule is CC(=O)N[C@H]1[C@H](OC[C@H]2O[C@@H](O[C@@H]([C@H](O)[C@@H](O)CO)[C@H](O)CO)[C@H](O)[C@@H](O[C@@H]3O[C@H](CO)[C@@H](O[C@@H]4O[C@H](CO)[C@H](O)[C@H](O[C@H]5O[C@H](CO)[C@H](O)[C@H](O)[C@H]5O)[C@H]4O)[C@H](O)[C@H]3NC(C)=O)[C@H]2O)O[C@H](CO)[C@@H](O[C@@H]2O[C@H](CO)[C@H](O)[C@H](O)[C@H]2O)[C@@H]1O. The van der Waals surface area contributed by atoms with Gasteiger partial charge in [0.05, 0.1) is 52.9 Å². The number of carbonyl (C=O) groups excluding carboxylic acids is 2. The summed E-state index contributed by atoms with van der Waals surface area (Å²) in [7, 11) is 0. The number of aliphatic hydroxyl groups excluding tert-OH is 22. The molecule has 2 amide bonds. The highest BCUT2D eigenvalue weighted by molar-refractivity contribution is 5.73. The summed E-state index contributed by atoms with van der Waals surface area (Å²) < 4.78 is 68.8. The maximum atomic E-state index is 12.8. The molecule has 0 aromatic carbocycles. The fourth-order valence-electron chi connectivity index (χ4n) is 10.3.